The number of aryl methyl sites for hydroxylation is 3. The van der Waals surface area contributed by atoms with Crippen LogP contribution in [0, 0.1) is 32.6 Å². The molecule has 10 heteroatoms. The summed E-state index contributed by atoms with van der Waals surface area (Å²) in [7, 11) is 0. The Kier molecular flexibility index (Phi) is 4.77. The van der Waals surface area contributed by atoms with Crippen LogP contribution < -0.4 is 11.1 Å². The summed E-state index contributed by atoms with van der Waals surface area (Å²) in [5.74, 6) is 6.62. The first-order valence-corrected chi connectivity index (χ1v) is 8.97. The average Bonchev–Trinajstić information content (AvgIpc) is 3.13. The molecule has 0 atom stereocenters. The van der Waals surface area contributed by atoms with Gasteiger partial charge in [-0.15, -0.1) is 5.10 Å². The highest BCUT2D eigenvalue weighted by Crippen LogP contribution is 2.19. The van der Waals surface area contributed by atoms with Crippen molar-refractivity contribution in [1.29, 1.82) is 0 Å². The fraction of sp³-hybridized carbons (Fsp3) is 0.150. The van der Waals surface area contributed by atoms with Gasteiger partial charge in [-0.05, 0) is 26.8 Å². The first-order chi connectivity index (χ1) is 14.4. The minimum absolute atomic E-state index is 0.188. The monoisotopic (exact) mass is 399 g/mol. The van der Waals surface area contributed by atoms with E-state index < -0.39 is 5.91 Å². The number of fused-ring (bicyclic) bond motifs is 1. The van der Waals surface area contributed by atoms with Gasteiger partial charge in [-0.2, -0.15) is 4.98 Å². The molecule has 0 unspecified atom stereocenters. The van der Waals surface area contributed by atoms with E-state index in [0.29, 0.717) is 33.5 Å². The minimum atomic E-state index is -0.395. The number of hydrogen-bond donors (Lipinski definition) is 3. The van der Waals surface area contributed by atoms with E-state index in [1.54, 1.807) is 25.4 Å². The number of carbonyl (C=O) groups excluding carboxylic acids is 1. The maximum absolute atomic E-state index is 12.4. The number of nitrogens with zero attached hydrogens (tertiary/aromatic N) is 6. The summed E-state index contributed by atoms with van der Waals surface area (Å²) >= 11 is 0. The third-order valence-corrected chi connectivity index (χ3v) is 4.31. The molecule has 0 spiro atoms. The number of rotatable bonds is 2. The lowest BCUT2D eigenvalue weighted by Gasteiger charge is -2.05. The molecule has 0 saturated carbocycles. The van der Waals surface area contributed by atoms with E-state index >= 15 is 0 Å². The molecule has 0 aliphatic rings. The second-order valence-electron chi connectivity index (χ2n) is 6.56. The molecule has 1 amide bonds. The van der Waals surface area contributed by atoms with Crippen LogP contribution in [0.3, 0.4) is 0 Å². The molecule has 4 aromatic heterocycles. The smallest absolute Gasteiger partial charge is 0.259 e. The van der Waals surface area contributed by atoms with Crippen molar-refractivity contribution in [3.05, 3.63) is 58.6 Å². The molecule has 148 valence electrons. The largest absolute Gasteiger partial charge is 0.383 e. The van der Waals surface area contributed by atoms with Gasteiger partial charge in [0.05, 0.1) is 28.7 Å². The Morgan fingerprint density at radius 3 is 2.63 bits per heavy atom. The average molecular weight is 399 g/mol. The fourth-order valence-electron chi connectivity index (χ4n) is 2.67. The number of H-pyrrole nitrogens is 1. The minimum Gasteiger partial charge on any atom is -0.383 e. The highest BCUT2D eigenvalue weighted by molar-refractivity contribution is 6.03. The molecular formula is C20H17N9O. The Morgan fingerprint density at radius 2 is 1.87 bits per heavy atom. The Hall–Kier alpha value is -4.39. The Labute approximate surface area is 171 Å². The van der Waals surface area contributed by atoms with Crippen molar-refractivity contribution in [3.8, 4) is 11.8 Å². The topological polar surface area (TPSA) is 148 Å². The summed E-state index contributed by atoms with van der Waals surface area (Å²) in [4.78, 5) is 33.7. The number of carbonyl (C=O) groups is 1. The quantitative estimate of drug-likeness (QED) is 0.431. The van der Waals surface area contributed by atoms with Gasteiger partial charge < -0.3 is 5.73 Å². The molecule has 0 fully saturated rings. The number of aromatic nitrogens is 7. The molecule has 0 aromatic carbocycles. The van der Waals surface area contributed by atoms with Crippen molar-refractivity contribution < 1.29 is 4.79 Å². The van der Waals surface area contributed by atoms with Gasteiger partial charge >= 0.3 is 0 Å². The van der Waals surface area contributed by atoms with Gasteiger partial charge in [0, 0.05) is 18.0 Å². The van der Waals surface area contributed by atoms with Crippen molar-refractivity contribution in [2.45, 2.75) is 20.8 Å². The number of nitrogens with one attached hydrogen (secondary N) is 2. The maximum Gasteiger partial charge on any atom is 0.259 e. The van der Waals surface area contributed by atoms with Crippen molar-refractivity contribution in [3.63, 3.8) is 0 Å². The lowest BCUT2D eigenvalue weighted by atomic mass is 10.1. The molecule has 0 radical (unpaired) electrons. The third-order valence-electron chi connectivity index (χ3n) is 4.31. The van der Waals surface area contributed by atoms with Crippen LogP contribution in [0.2, 0.25) is 0 Å². The summed E-state index contributed by atoms with van der Waals surface area (Å²) < 4.78 is 0. The van der Waals surface area contributed by atoms with Crippen LogP contribution in [-0.2, 0) is 0 Å². The molecule has 0 saturated heterocycles. The van der Waals surface area contributed by atoms with E-state index in [2.05, 4.69) is 52.3 Å². The summed E-state index contributed by atoms with van der Waals surface area (Å²) in [5, 5.41) is 9.14. The lowest BCUT2D eigenvalue weighted by Crippen LogP contribution is -2.13. The summed E-state index contributed by atoms with van der Waals surface area (Å²) in [6, 6.07) is 1.62. The summed E-state index contributed by atoms with van der Waals surface area (Å²) in [5.41, 5.74) is 10.2. The van der Waals surface area contributed by atoms with Crippen LogP contribution in [0.1, 0.15) is 38.7 Å². The molecule has 4 N–H and O–H groups in total. The van der Waals surface area contributed by atoms with Gasteiger partial charge in [0.1, 0.15) is 22.7 Å². The second-order valence-corrected chi connectivity index (χ2v) is 6.56. The van der Waals surface area contributed by atoms with Gasteiger partial charge in [0.2, 0.25) is 5.95 Å². The summed E-state index contributed by atoms with van der Waals surface area (Å²) in [6.07, 6.45) is 4.56. The molecule has 30 heavy (non-hydrogen) atoms. The normalized spacial score (nSPS) is 10.5. The fourth-order valence-corrected chi connectivity index (χ4v) is 2.67. The molecule has 0 bridgehead atoms. The molecule has 4 aromatic rings. The van der Waals surface area contributed by atoms with E-state index in [1.807, 2.05) is 13.8 Å². The van der Waals surface area contributed by atoms with Crippen molar-refractivity contribution in [1.82, 2.24) is 35.1 Å². The van der Waals surface area contributed by atoms with Gasteiger partial charge in [-0.25, -0.2) is 15.0 Å². The molecule has 4 rings (SSSR count). The first-order valence-electron chi connectivity index (χ1n) is 8.97. The number of pyridine rings is 2. The first kappa shape index (κ1) is 18.9. The van der Waals surface area contributed by atoms with E-state index in [0.717, 1.165) is 11.4 Å². The van der Waals surface area contributed by atoms with Crippen LogP contribution in [0.15, 0.2) is 24.7 Å². The molecule has 4 heterocycles. The van der Waals surface area contributed by atoms with Crippen LogP contribution >= 0.6 is 0 Å². The van der Waals surface area contributed by atoms with Crippen LogP contribution in [-0.4, -0.2) is 41.0 Å². The predicted octanol–water partition coefficient (Wildman–Crippen LogP) is 1.70. The number of amides is 1. The summed E-state index contributed by atoms with van der Waals surface area (Å²) in [6.45, 7) is 5.49. The lowest BCUT2D eigenvalue weighted by molar-refractivity contribution is 0.102. The highest BCUT2D eigenvalue weighted by Gasteiger charge is 2.11. The van der Waals surface area contributed by atoms with Crippen LogP contribution in [0.4, 0.5) is 11.8 Å². The molecule has 0 aliphatic carbocycles. The molecule has 10 nitrogen and oxygen atoms in total. The SMILES string of the molecule is Cc1nc(NC(=O)c2cncc(C#Cc3c(N)ncc4nc(C)c(C)nc34)c2)n[nH]1. The van der Waals surface area contributed by atoms with Gasteiger partial charge in [0.25, 0.3) is 5.91 Å². The van der Waals surface area contributed by atoms with E-state index in [1.165, 1.54) is 6.20 Å². The van der Waals surface area contributed by atoms with Crippen molar-refractivity contribution in [2.24, 2.45) is 0 Å². The van der Waals surface area contributed by atoms with E-state index in [4.69, 9.17) is 5.73 Å². The standard InChI is InChI=1S/C20H17N9O/c1-10-11(2)25-17-15(18(21)23-9-16(17)24-10)5-4-13-6-14(8-22-7-13)19(30)27-20-26-12(3)28-29-20/h6-9H,1-3H3,(H2,21,23)(H2,26,27,28,29,30). The zero-order valence-corrected chi connectivity index (χ0v) is 16.5. The third kappa shape index (κ3) is 3.77. The second kappa shape index (κ2) is 7.56. The number of nitrogen functional groups attached to an aromatic ring is 1. The Morgan fingerprint density at radius 1 is 1.07 bits per heavy atom. The van der Waals surface area contributed by atoms with Crippen LogP contribution in [0.25, 0.3) is 11.0 Å². The van der Waals surface area contributed by atoms with Crippen LogP contribution in [0.5, 0.6) is 0 Å². The van der Waals surface area contributed by atoms with Gasteiger partial charge in [-0.3, -0.25) is 20.2 Å². The highest BCUT2D eigenvalue weighted by atomic mass is 16.1. The molecule has 0 aliphatic heterocycles. The number of anilines is 2. The number of nitrogens with two attached hydrogens (primary N) is 1. The number of hydrogen-bond acceptors (Lipinski definition) is 8. The number of aromatic amines is 1. The zero-order chi connectivity index (χ0) is 21.3. The van der Waals surface area contributed by atoms with Crippen molar-refractivity contribution >= 4 is 28.7 Å². The molecular weight excluding hydrogens is 382 g/mol. The van der Waals surface area contributed by atoms with Crippen molar-refractivity contribution in [2.75, 3.05) is 11.1 Å². The predicted molar refractivity (Wildman–Crippen MR) is 111 cm³/mol. The Bertz CT molecular complexity index is 1350. The van der Waals surface area contributed by atoms with Gasteiger partial charge in [-0.1, -0.05) is 11.8 Å². The Balaban J connectivity index is 1.67. The van der Waals surface area contributed by atoms with E-state index in [-0.39, 0.29) is 11.8 Å². The van der Waals surface area contributed by atoms with Gasteiger partial charge in [0.15, 0.2) is 0 Å². The maximum atomic E-state index is 12.4. The van der Waals surface area contributed by atoms with E-state index in [9.17, 15) is 4.79 Å². The zero-order valence-electron chi connectivity index (χ0n) is 16.5.